The van der Waals surface area contributed by atoms with Crippen LogP contribution in [0, 0.1) is 25.5 Å². The van der Waals surface area contributed by atoms with Crippen LogP contribution in [0.15, 0.2) is 36.4 Å². The summed E-state index contributed by atoms with van der Waals surface area (Å²) in [6.45, 7) is 4.96. The van der Waals surface area contributed by atoms with Crippen molar-refractivity contribution in [3.8, 4) is 0 Å². The number of rotatable bonds is 5. The first-order valence-electron chi connectivity index (χ1n) is 7.83. The topological polar surface area (TPSA) is 66.5 Å². The van der Waals surface area contributed by atoms with E-state index in [0.717, 1.165) is 33.8 Å². The van der Waals surface area contributed by atoms with Crippen molar-refractivity contribution in [2.24, 2.45) is 0 Å². The van der Waals surface area contributed by atoms with E-state index >= 15 is 0 Å². The maximum Gasteiger partial charge on any atom is 0.248 e. The van der Waals surface area contributed by atoms with Gasteiger partial charge in [-0.25, -0.2) is 17.2 Å². The maximum atomic E-state index is 13.8. The second-order valence-corrected chi connectivity index (χ2v) is 8.03. The van der Waals surface area contributed by atoms with Gasteiger partial charge in [-0.1, -0.05) is 12.1 Å². The van der Waals surface area contributed by atoms with Crippen LogP contribution in [-0.4, -0.2) is 26.6 Å². The summed E-state index contributed by atoms with van der Waals surface area (Å²) in [7, 11) is -3.82. The molecule has 0 aliphatic rings. The van der Waals surface area contributed by atoms with E-state index in [1.165, 1.54) is 13.0 Å². The molecule has 0 aromatic heterocycles. The van der Waals surface area contributed by atoms with Crippen molar-refractivity contribution in [2.45, 2.75) is 26.8 Å². The van der Waals surface area contributed by atoms with E-state index in [-0.39, 0.29) is 0 Å². The zero-order chi connectivity index (χ0) is 19.6. The lowest BCUT2D eigenvalue weighted by atomic mass is 10.1. The molecule has 0 unspecified atom stereocenters. The predicted molar refractivity (Wildman–Crippen MR) is 97.7 cm³/mol. The molecular formula is C18H20F2N2O3S. The lowest BCUT2D eigenvalue weighted by Crippen LogP contribution is -2.45. The molecule has 1 atom stereocenters. The number of nitrogens with zero attached hydrogens (tertiary/aromatic N) is 1. The standard InChI is InChI=1S/C18H20F2N2O3S/c1-11-8-12(2)10-14(9-11)22(26(4,24)25)13(3)18(23)21-17-15(19)6-5-7-16(17)20/h5-10,13H,1-4H3,(H,21,23)/t13-/m0/s1. The quantitative estimate of drug-likeness (QED) is 0.862. The summed E-state index contributed by atoms with van der Waals surface area (Å²) in [6, 6.07) is 7.07. The fourth-order valence-electron chi connectivity index (χ4n) is 2.73. The van der Waals surface area contributed by atoms with E-state index in [2.05, 4.69) is 5.32 Å². The molecule has 26 heavy (non-hydrogen) atoms. The molecule has 0 bridgehead atoms. The lowest BCUT2D eigenvalue weighted by Gasteiger charge is -2.29. The molecule has 5 nitrogen and oxygen atoms in total. The minimum atomic E-state index is -3.82. The van der Waals surface area contributed by atoms with Crippen LogP contribution in [0.5, 0.6) is 0 Å². The van der Waals surface area contributed by atoms with E-state index in [4.69, 9.17) is 0 Å². The van der Waals surface area contributed by atoms with Gasteiger partial charge in [-0.05, 0) is 56.2 Å². The molecule has 0 saturated carbocycles. The van der Waals surface area contributed by atoms with Crippen molar-refractivity contribution in [3.05, 3.63) is 59.2 Å². The summed E-state index contributed by atoms with van der Waals surface area (Å²) in [5.41, 5.74) is 1.34. The molecule has 0 spiro atoms. The van der Waals surface area contributed by atoms with Crippen molar-refractivity contribution in [1.29, 1.82) is 0 Å². The van der Waals surface area contributed by atoms with Gasteiger partial charge in [-0.15, -0.1) is 0 Å². The number of carbonyl (C=O) groups is 1. The summed E-state index contributed by atoms with van der Waals surface area (Å²) in [6.07, 6.45) is 0.970. The van der Waals surface area contributed by atoms with E-state index in [1.807, 2.05) is 6.07 Å². The van der Waals surface area contributed by atoms with Gasteiger partial charge in [-0.2, -0.15) is 0 Å². The molecule has 0 aliphatic heterocycles. The molecule has 8 heteroatoms. The Morgan fingerprint density at radius 3 is 2.04 bits per heavy atom. The summed E-state index contributed by atoms with van der Waals surface area (Å²) >= 11 is 0. The number of nitrogens with one attached hydrogen (secondary N) is 1. The molecule has 0 radical (unpaired) electrons. The van der Waals surface area contributed by atoms with Gasteiger partial charge in [0.15, 0.2) is 0 Å². The highest BCUT2D eigenvalue weighted by atomic mass is 32.2. The van der Waals surface area contributed by atoms with Crippen LogP contribution in [0.1, 0.15) is 18.1 Å². The Bertz CT molecular complexity index is 905. The first kappa shape index (κ1) is 19.8. The number of carbonyl (C=O) groups excluding carboxylic acids is 1. The molecule has 1 amide bonds. The van der Waals surface area contributed by atoms with Crippen LogP contribution in [0.3, 0.4) is 0 Å². The number of amides is 1. The van der Waals surface area contributed by atoms with E-state index in [0.29, 0.717) is 5.69 Å². The third kappa shape index (κ3) is 4.37. The molecule has 2 aromatic rings. The highest BCUT2D eigenvalue weighted by Crippen LogP contribution is 2.25. The van der Waals surface area contributed by atoms with E-state index in [9.17, 15) is 22.0 Å². The number of sulfonamides is 1. The number of hydrogen-bond acceptors (Lipinski definition) is 3. The molecule has 140 valence electrons. The van der Waals surface area contributed by atoms with Crippen LogP contribution < -0.4 is 9.62 Å². The van der Waals surface area contributed by atoms with Gasteiger partial charge in [0.1, 0.15) is 23.4 Å². The number of anilines is 2. The normalized spacial score (nSPS) is 12.5. The summed E-state index contributed by atoms with van der Waals surface area (Å²) in [5, 5.41) is 2.13. The Hall–Kier alpha value is -2.48. The van der Waals surface area contributed by atoms with Crippen molar-refractivity contribution in [2.75, 3.05) is 15.9 Å². The number of hydrogen-bond donors (Lipinski definition) is 1. The first-order valence-corrected chi connectivity index (χ1v) is 9.68. The molecular weight excluding hydrogens is 362 g/mol. The zero-order valence-corrected chi connectivity index (χ0v) is 15.7. The monoisotopic (exact) mass is 382 g/mol. The Morgan fingerprint density at radius 2 is 1.58 bits per heavy atom. The molecule has 1 N–H and O–H groups in total. The smallest absolute Gasteiger partial charge is 0.248 e. The Morgan fingerprint density at radius 1 is 1.08 bits per heavy atom. The molecule has 2 aromatic carbocycles. The zero-order valence-electron chi connectivity index (χ0n) is 14.9. The Kier molecular flexibility index (Phi) is 5.65. The average molecular weight is 382 g/mol. The number of halogens is 2. The largest absolute Gasteiger partial charge is 0.319 e. The van der Waals surface area contributed by atoms with E-state index < -0.39 is 39.3 Å². The van der Waals surface area contributed by atoms with Gasteiger partial charge in [0.25, 0.3) is 0 Å². The number of benzene rings is 2. The fourth-order valence-corrected chi connectivity index (χ4v) is 3.89. The highest BCUT2D eigenvalue weighted by Gasteiger charge is 2.30. The maximum absolute atomic E-state index is 13.8. The minimum Gasteiger partial charge on any atom is -0.319 e. The number of aryl methyl sites for hydroxylation is 2. The fraction of sp³-hybridized carbons (Fsp3) is 0.278. The lowest BCUT2D eigenvalue weighted by molar-refractivity contribution is -0.116. The van der Waals surface area contributed by atoms with Crippen LogP contribution in [0.2, 0.25) is 0 Å². The van der Waals surface area contributed by atoms with Crippen LogP contribution in [0.25, 0.3) is 0 Å². The molecule has 2 rings (SSSR count). The highest BCUT2D eigenvalue weighted by molar-refractivity contribution is 7.92. The van der Waals surface area contributed by atoms with Gasteiger partial charge in [0.05, 0.1) is 11.9 Å². The van der Waals surface area contributed by atoms with Crippen molar-refractivity contribution >= 4 is 27.3 Å². The minimum absolute atomic E-state index is 0.307. The average Bonchev–Trinajstić information content (AvgIpc) is 2.48. The van der Waals surface area contributed by atoms with Crippen LogP contribution in [0.4, 0.5) is 20.2 Å². The second-order valence-electron chi connectivity index (χ2n) is 6.17. The molecule has 0 saturated heterocycles. The SMILES string of the molecule is Cc1cc(C)cc(N([C@@H](C)C(=O)Nc2c(F)cccc2F)S(C)(=O)=O)c1. The summed E-state index contributed by atoms with van der Waals surface area (Å²) < 4.78 is 53.0. The van der Waals surface area contributed by atoms with Crippen LogP contribution >= 0.6 is 0 Å². The molecule has 0 aliphatic carbocycles. The van der Waals surface area contributed by atoms with Crippen LogP contribution in [-0.2, 0) is 14.8 Å². The van der Waals surface area contributed by atoms with Crippen molar-refractivity contribution in [1.82, 2.24) is 0 Å². The first-order chi connectivity index (χ1) is 12.0. The van der Waals surface area contributed by atoms with Gasteiger partial charge in [0, 0.05) is 0 Å². The molecule has 0 fully saturated rings. The third-order valence-electron chi connectivity index (χ3n) is 3.76. The van der Waals surface area contributed by atoms with E-state index in [1.54, 1.807) is 26.0 Å². The second kappa shape index (κ2) is 7.41. The van der Waals surface area contributed by atoms with Gasteiger partial charge in [-0.3, -0.25) is 9.10 Å². The summed E-state index contributed by atoms with van der Waals surface area (Å²) in [4.78, 5) is 12.5. The van der Waals surface area contributed by atoms with Crippen molar-refractivity contribution in [3.63, 3.8) is 0 Å². The number of para-hydroxylation sites is 1. The molecule has 0 heterocycles. The van der Waals surface area contributed by atoms with Gasteiger partial charge in [0.2, 0.25) is 15.9 Å². The van der Waals surface area contributed by atoms with Crippen molar-refractivity contribution < 1.29 is 22.0 Å². The summed E-state index contributed by atoms with van der Waals surface area (Å²) in [5.74, 6) is -2.73. The Labute approximate surface area is 151 Å². The third-order valence-corrected chi connectivity index (χ3v) is 5.00. The predicted octanol–water partition coefficient (Wildman–Crippen LogP) is 3.37. The van der Waals surface area contributed by atoms with Gasteiger partial charge < -0.3 is 5.32 Å². The van der Waals surface area contributed by atoms with Gasteiger partial charge >= 0.3 is 0 Å². The Balaban J connectivity index is 2.41.